The number of benzene rings is 1. The van der Waals surface area contributed by atoms with Gasteiger partial charge in [0.05, 0.1) is 0 Å². The summed E-state index contributed by atoms with van der Waals surface area (Å²) < 4.78 is 26.7. The smallest absolute Gasteiger partial charge is 0.320 e. The molecule has 158 valence electrons. The van der Waals surface area contributed by atoms with Gasteiger partial charge in [-0.1, -0.05) is 12.5 Å². The number of rotatable bonds is 8. The maximum Gasteiger partial charge on any atom is 0.320 e. The third kappa shape index (κ3) is 4.59. The molecule has 0 bridgehead atoms. The van der Waals surface area contributed by atoms with Gasteiger partial charge < -0.3 is 15.7 Å². The Morgan fingerprint density at radius 3 is 2.86 bits per heavy atom. The lowest BCUT2D eigenvalue weighted by molar-refractivity contribution is -0.141. The van der Waals surface area contributed by atoms with E-state index in [0.29, 0.717) is 43.0 Å². The molecule has 1 fully saturated rings. The number of hydrogen-bond donors (Lipinski definition) is 3. The van der Waals surface area contributed by atoms with E-state index in [1.54, 1.807) is 17.6 Å². The summed E-state index contributed by atoms with van der Waals surface area (Å²) in [6, 6.07) is 4.44. The van der Waals surface area contributed by atoms with Crippen molar-refractivity contribution in [3.8, 4) is 10.6 Å². The lowest BCUT2D eigenvalue weighted by atomic mass is 9.98. The molecule has 2 aromatic rings. The average molecular weight is 441 g/mol. The van der Waals surface area contributed by atoms with Crippen molar-refractivity contribution < 1.29 is 23.7 Å². The first-order chi connectivity index (χ1) is 13.8. The summed E-state index contributed by atoms with van der Waals surface area (Å²) in [5, 5.41) is 10.7. The van der Waals surface area contributed by atoms with Crippen LogP contribution in [0.4, 0.5) is 4.39 Å². The largest absolute Gasteiger partial charge is 0.480 e. The highest BCUT2D eigenvalue weighted by Gasteiger charge is 2.56. The van der Waals surface area contributed by atoms with Gasteiger partial charge in [0, 0.05) is 42.9 Å². The summed E-state index contributed by atoms with van der Waals surface area (Å²) in [7, 11) is -3.89. The van der Waals surface area contributed by atoms with Crippen LogP contribution in [0.25, 0.3) is 10.6 Å². The Kier molecular flexibility index (Phi) is 6.86. The van der Waals surface area contributed by atoms with E-state index in [-0.39, 0.29) is 24.9 Å². The summed E-state index contributed by atoms with van der Waals surface area (Å²) >= 11 is 1.39. The minimum atomic E-state index is -3.89. The fourth-order valence-electron chi connectivity index (χ4n) is 3.81. The third-order valence-electron chi connectivity index (χ3n) is 5.44. The summed E-state index contributed by atoms with van der Waals surface area (Å²) in [5.74, 6) is -1.62. The van der Waals surface area contributed by atoms with Crippen molar-refractivity contribution in [2.24, 2.45) is 5.73 Å². The molecule has 29 heavy (non-hydrogen) atoms. The zero-order valence-electron chi connectivity index (χ0n) is 16.0. The molecule has 3 rings (SSSR count). The Balaban J connectivity index is 1.88. The van der Waals surface area contributed by atoms with E-state index in [4.69, 9.17) is 5.73 Å². The van der Waals surface area contributed by atoms with Crippen molar-refractivity contribution in [2.75, 3.05) is 25.8 Å². The molecule has 1 aliphatic heterocycles. The van der Waals surface area contributed by atoms with Crippen LogP contribution in [0.3, 0.4) is 0 Å². The van der Waals surface area contributed by atoms with E-state index in [0.717, 1.165) is 5.56 Å². The van der Waals surface area contributed by atoms with Gasteiger partial charge in [-0.25, -0.2) is 9.37 Å². The third-order valence-corrected chi connectivity index (χ3v) is 8.95. The lowest BCUT2D eigenvalue weighted by Crippen LogP contribution is -2.53. The highest BCUT2D eigenvalue weighted by atomic mass is 32.1. The number of thiazole rings is 1. The predicted octanol–water partition coefficient (Wildman–Crippen LogP) is 2.99. The van der Waals surface area contributed by atoms with Crippen molar-refractivity contribution >= 4 is 24.7 Å². The normalized spacial score (nSPS) is 25.2. The van der Waals surface area contributed by atoms with Gasteiger partial charge in [0.1, 0.15) is 10.8 Å². The first-order valence-corrected chi connectivity index (χ1v) is 12.2. The van der Waals surface area contributed by atoms with Gasteiger partial charge >= 0.3 is 5.97 Å². The van der Waals surface area contributed by atoms with E-state index < -0.39 is 18.5 Å². The molecule has 0 amide bonds. The van der Waals surface area contributed by atoms with E-state index in [1.165, 1.54) is 23.5 Å². The Bertz CT molecular complexity index is 911. The molecule has 2 heterocycles. The van der Waals surface area contributed by atoms with Crippen molar-refractivity contribution in [3.63, 3.8) is 0 Å². The quantitative estimate of drug-likeness (QED) is 0.426. The maximum atomic E-state index is 13.8. The number of carboxylic acids is 1. The number of unbranched alkanes of at least 4 members (excludes halogenated alkanes) is 1. The average Bonchev–Trinajstić information content (AvgIpc) is 3.20. The van der Waals surface area contributed by atoms with Crippen molar-refractivity contribution in [3.05, 3.63) is 41.2 Å². The Hall–Kier alpha value is -1.64. The van der Waals surface area contributed by atoms with Crippen LogP contribution in [0.15, 0.2) is 29.8 Å². The molecular weight excluding hydrogens is 416 g/mol. The molecular formula is C19H25FN3O4PS. The van der Waals surface area contributed by atoms with Gasteiger partial charge in [0.25, 0.3) is 0 Å². The fourth-order valence-corrected chi connectivity index (χ4v) is 6.71. The minimum Gasteiger partial charge on any atom is -0.480 e. The van der Waals surface area contributed by atoms with Crippen molar-refractivity contribution in [2.45, 2.75) is 31.0 Å². The minimum absolute atomic E-state index is 0.0324. The first kappa shape index (κ1) is 22.1. The van der Waals surface area contributed by atoms with Crippen LogP contribution in [0, 0.1) is 5.82 Å². The van der Waals surface area contributed by atoms with Gasteiger partial charge in [0.15, 0.2) is 5.16 Å². The van der Waals surface area contributed by atoms with Gasteiger partial charge in [-0.15, -0.1) is 11.3 Å². The SMILES string of the molecule is NCCCC[C@@]1(C(=O)O)CN(Cc2ccc(F)cc2-c2nccs2)CCP1(=O)O. The highest BCUT2D eigenvalue weighted by Crippen LogP contribution is 2.59. The fraction of sp³-hybridized carbons (Fsp3) is 0.474. The van der Waals surface area contributed by atoms with E-state index in [2.05, 4.69) is 4.98 Å². The Labute approximate surface area is 172 Å². The summed E-state index contributed by atoms with van der Waals surface area (Å²) in [6.45, 7) is 1.02. The van der Waals surface area contributed by atoms with Crippen LogP contribution in [0.5, 0.6) is 0 Å². The van der Waals surface area contributed by atoms with Crippen LogP contribution in [-0.4, -0.2) is 56.8 Å². The van der Waals surface area contributed by atoms with E-state index in [9.17, 15) is 23.7 Å². The number of aliphatic carboxylic acids is 1. The van der Waals surface area contributed by atoms with Gasteiger partial charge in [0.2, 0.25) is 7.37 Å². The molecule has 1 aliphatic rings. The van der Waals surface area contributed by atoms with Crippen molar-refractivity contribution in [1.29, 1.82) is 0 Å². The Morgan fingerprint density at radius 1 is 1.41 bits per heavy atom. The zero-order valence-corrected chi connectivity index (χ0v) is 17.7. The first-order valence-electron chi connectivity index (χ1n) is 9.45. The van der Waals surface area contributed by atoms with E-state index >= 15 is 0 Å². The number of carboxylic acid groups (broad SMARTS) is 1. The molecule has 0 saturated carbocycles. The maximum absolute atomic E-state index is 13.8. The number of nitrogens with two attached hydrogens (primary N) is 1. The number of nitrogens with zero attached hydrogens (tertiary/aromatic N) is 2. The second kappa shape index (κ2) is 9.02. The molecule has 0 aliphatic carbocycles. The van der Waals surface area contributed by atoms with Crippen LogP contribution >= 0.6 is 18.7 Å². The van der Waals surface area contributed by atoms with E-state index in [1.807, 2.05) is 4.90 Å². The number of halogens is 1. The van der Waals surface area contributed by atoms with Crippen molar-refractivity contribution in [1.82, 2.24) is 9.88 Å². The topological polar surface area (TPSA) is 117 Å². The highest BCUT2D eigenvalue weighted by molar-refractivity contribution is 7.61. The van der Waals surface area contributed by atoms with Crippen LogP contribution in [-0.2, 0) is 15.9 Å². The zero-order chi connectivity index (χ0) is 21.1. The molecule has 1 unspecified atom stereocenters. The molecule has 4 N–H and O–H groups in total. The molecule has 0 spiro atoms. The predicted molar refractivity (Wildman–Crippen MR) is 111 cm³/mol. The standard InChI is InChI=1S/C19H25FN3O4PS/c20-15-4-3-14(16(11-15)17-22-7-10-29-17)12-23-8-9-28(26,27)19(13-23,18(24)25)5-1-2-6-21/h3-4,7,10-11H,1-2,5-6,8-9,12-13,21H2,(H,24,25)(H,26,27)/t19-/m0/s1. The molecule has 10 heteroatoms. The molecule has 2 atom stereocenters. The number of hydrogen-bond acceptors (Lipinski definition) is 6. The molecule has 1 aromatic carbocycles. The lowest BCUT2D eigenvalue weighted by Gasteiger charge is -2.43. The summed E-state index contributed by atoms with van der Waals surface area (Å²) in [5.41, 5.74) is 6.97. The van der Waals surface area contributed by atoms with Crippen LogP contribution in [0.1, 0.15) is 24.8 Å². The monoisotopic (exact) mass is 441 g/mol. The second-order valence-electron chi connectivity index (χ2n) is 7.36. The van der Waals surface area contributed by atoms with Gasteiger partial charge in [-0.2, -0.15) is 0 Å². The van der Waals surface area contributed by atoms with Gasteiger partial charge in [-0.05, 0) is 37.1 Å². The van der Waals surface area contributed by atoms with Gasteiger partial charge in [-0.3, -0.25) is 14.3 Å². The summed E-state index contributed by atoms with van der Waals surface area (Å²) in [4.78, 5) is 28.8. The second-order valence-corrected chi connectivity index (χ2v) is 11.0. The Morgan fingerprint density at radius 2 is 2.21 bits per heavy atom. The van der Waals surface area contributed by atoms with Crippen LogP contribution < -0.4 is 5.73 Å². The van der Waals surface area contributed by atoms with Crippen LogP contribution in [0.2, 0.25) is 0 Å². The molecule has 7 nitrogen and oxygen atoms in total. The molecule has 0 radical (unpaired) electrons. The number of aromatic nitrogens is 1. The molecule has 1 aromatic heterocycles. The summed E-state index contributed by atoms with van der Waals surface area (Å²) in [6.07, 6.45) is 2.73. The molecule has 1 saturated heterocycles. The number of carbonyl (C=O) groups is 1.